The molecule has 0 radical (unpaired) electrons. The van der Waals surface area contributed by atoms with Crippen LogP contribution in [0.15, 0.2) is 54.9 Å². The van der Waals surface area contributed by atoms with Crippen LogP contribution in [-0.2, 0) is 17.5 Å². The van der Waals surface area contributed by atoms with Crippen LogP contribution in [0.25, 0.3) is 5.52 Å². The number of carbonyl (C=O) groups excluding carboxylic acids is 1. The molecule has 0 atom stereocenters. The van der Waals surface area contributed by atoms with Crippen molar-refractivity contribution in [1.29, 1.82) is 5.26 Å². The minimum Gasteiger partial charge on any atom is -0.324 e. The van der Waals surface area contributed by atoms with E-state index in [0.29, 0.717) is 18.7 Å². The van der Waals surface area contributed by atoms with Crippen molar-refractivity contribution in [2.75, 3.05) is 18.4 Å². The van der Waals surface area contributed by atoms with Crippen LogP contribution in [-0.4, -0.2) is 28.3 Å². The van der Waals surface area contributed by atoms with Crippen LogP contribution in [0.3, 0.4) is 0 Å². The number of hydrogen-bond donors (Lipinski definition) is 1. The molecule has 0 bridgehead atoms. The maximum atomic E-state index is 13.1. The smallest absolute Gasteiger partial charge is 0.324 e. The normalized spacial score (nSPS) is 11.6. The minimum atomic E-state index is -4.55. The molecule has 5 nitrogen and oxygen atoms in total. The summed E-state index contributed by atoms with van der Waals surface area (Å²) in [4.78, 5) is 14.2. The van der Waals surface area contributed by atoms with Crippen LogP contribution in [0.2, 0.25) is 0 Å². The Balaban J connectivity index is 1.75. The lowest BCUT2D eigenvalue weighted by atomic mass is 10.1. The fourth-order valence-corrected chi connectivity index (χ4v) is 3.18. The highest BCUT2D eigenvalue weighted by Gasteiger charge is 2.33. The van der Waals surface area contributed by atoms with Crippen molar-refractivity contribution in [2.24, 2.45) is 0 Å². The van der Waals surface area contributed by atoms with Gasteiger partial charge in [0.2, 0.25) is 5.91 Å². The summed E-state index contributed by atoms with van der Waals surface area (Å²) in [5.41, 5.74) is 0.885. The van der Waals surface area contributed by atoms with Gasteiger partial charge in [-0.05, 0) is 30.8 Å². The number of nitrogens with zero attached hydrogens (tertiary/aromatic N) is 3. The average molecular weight is 400 g/mol. The molecule has 1 amide bonds. The van der Waals surface area contributed by atoms with Crippen LogP contribution in [0.1, 0.15) is 23.6 Å². The van der Waals surface area contributed by atoms with E-state index < -0.39 is 17.6 Å². The quantitative estimate of drug-likeness (QED) is 0.672. The van der Waals surface area contributed by atoms with Gasteiger partial charge >= 0.3 is 6.18 Å². The fourth-order valence-electron chi connectivity index (χ4n) is 3.18. The molecule has 0 saturated carbocycles. The van der Waals surface area contributed by atoms with Gasteiger partial charge in [-0.3, -0.25) is 9.69 Å². The fraction of sp³-hybridized carbons (Fsp3) is 0.238. The number of halogens is 3. The van der Waals surface area contributed by atoms with Gasteiger partial charge in [0.25, 0.3) is 0 Å². The Morgan fingerprint density at radius 2 is 1.93 bits per heavy atom. The van der Waals surface area contributed by atoms with Crippen molar-refractivity contribution < 1.29 is 18.0 Å². The molecule has 150 valence electrons. The monoisotopic (exact) mass is 400 g/mol. The molecule has 2 heterocycles. The molecular formula is C21H19F3N4O. The van der Waals surface area contributed by atoms with E-state index in [4.69, 9.17) is 0 Å². The zero-order valence-electron chi connectivity index (χ0n) is 15.7. The number of nitriles is 1. The molecular weight excluding hydrogens is 381 g/mol. The number of pyridine rings is 1. The lowest BCUT2D eigenvalue weighted by Crippen LogP contribution is -2.33. The summed E-state index contributed by atoms with van der Waals surface area (Å²) in [5, 5.41) is 11.9. The second-order valence-electron chi connectivity index (χ2n) is 6.53. The molecule has 0 spiro atoms. The molecule has 0 saturated heterocycles. The Bertz CT molecular complexity index is 1070. The first kappa shape index (κ1) is 20.4. The van der Waals surface area contributed by atoms with Crippen molar-refractivity contribution in [1.82, 2.24) is 9.30 Å². The molecule has 29 heavy (non-hydrogen) atoms. The standard InChI is InChI=1S/C21H19F3N4O/c1-2-27(12-15-13-28-10-6-5-9-19(28)16(15)11-25)14-20(29)26-18-8-4-3-7-17(18)21(22,23)24/h3-10,13H,2,12,14H2,1H3,(H,26,29). The zero-order chi connectivity index (χ0) is 21.0. The Morgan fingerprint density at radius 1 is 1.21 bits per heavy atom. The van der Waals surface area contributed by atoms with Gasteiger partial charge in [-0.1, -0.05) is 25.1 Å². The van der Waals surface area contributed by atoms with Gasteiger partial charge in [0.05, 0.1) is 28.9 Å². The number of likely N-dealkylation sites (N-methyl/N-ethyl adjacent to an activating group) is 1. The largest absolute Gasteiger partial charge is 0.418 e. The Kier molecular flexibility index (Phi) is 5.89. The van der Waals surface area contributed by atoms with E-state index in [1.165, 1.54) is 18.2 Å². The summed E-state index contributed by atoms with van der Waals surface area (Å²) >= 11 is 0. The molecule has 0 aliphatic carbocycles. The van der Waals surface area contributed by atoms with E-state index in [-0.39, 0.29) is 12.2 Å². The topological polar surface area (TPSA) is 60.5 Å². The van der Waals surface area contributed by atoms with Gasteiger partial charge in [-0.2, -0.15) is 18.4 Å². The van der Waals surface area contributed by atoms with Crippen LogP contribution in [0.5, 0.6) is 0 Å². The molecule has 0 aliphatic heterocycles. The average Bonchev–Trinajstić information content (AvgIpc) is 3.03. The van der Waals surface area contributed by atoms with Crippen molar-refractivity contribution in [3.8, 4) is 6.07 Å². The van der Waals surface area contributed by atoms with E-state index in [1.807, 2.05) is 41.9 Å². The van der Waals surface area contributed by atoms with E-state index in [9.17, 15) is 23.2 Å². The highest BCUT2D eigenvalue weighted by Crippen LogP contribution is 2.34. The van der Waals surface area contributed by atoms with Crippen LogP contribution >= 0.6 is 0 Å². The lowest BCUT2D eigenvalue weighted by molar-refractivity contribution is -0.137. The van der Waals surface area contributed by atoms with Crippen molar-refractivity contribution in [2.45, 2.75) is 19.6 Å². The van der Waals surface area contributed by atoms with E-state index >= 15 is 0 Å². The second-order valence-corrected chi connectivity index (χ2v) is 6.53. The molecule has 8 heteroatoms. The molecule has 1 aromatic carbocycles. The predicted octanol–water partition coefficient (Wildman–Crippen LogP) is 4.29. The van der Waals surface area contributed by atoms with Crippen LogP contribution < -0.4 is 5.32 Å². The summed E-state index contributed by atoms with van der Waals surface area (Å²) in [6.07, 6.45) is -0.896. The summed E-state index contributed by atoms with van der Waals surface area (Å²) in [6, 6.07) is 12.6. The molecule has 1 N–H and O–H groups in total. The first-order chi connectivity index (χ1) is 13.8. The summed E-state index contributed by atoms with van der Waals surface area (Å²) < 4.78 is 41.2. The van der Waals surface area contributed by atoms with Crippen molar-refractivity contribution in [3.63, 3.8) is 0 Å². The van der Waals surface area contributed by atoms with Gasteiger partial charge in [-0.15, -0.1) is 0 Å². The van der Waals surface area contributed by atoms with Gasteiger partial charge in [0.15, 0.2) is 0 Å². The number of amides is 1. The van der Waals surface area contributed by atoms with Crippen LogP contribution in [0, 0.1) is 11.3 Å². The van der Waals surface area contributed by atoms with Crippen molar-refractivity contribution >= 4 is 17.1 Å². The Hall–Kier alpha value is -3.31. The lowest BCUT2D eigenvalue weighted by Gasteiger charge is -2.20. The Labute approximate surface area is 166 Å². The third-order valence-electron chi connectivity index (χ3n) is 4.59. The van der Waals surface area contributed by atoms with Crippen LogP contribution in [0.4, 0.5) is 18.9 Å². The maximum Gasteiger partial charge on any atom is 0.418 e. The molecule has 2 aromatic heterocycles. The third kappa shape index (κ3) is 4.58. The zero-order valence-corrected chi connectivity index (χ0v) is 15.7. The first-order valence-corrected chi connectivity index (χ1v) is 9.00. The first-order valence-electron chi connectivity index (χ1n) is 9.00. The molecule has 3 rings (SSSR count). The summed E-state index contributed by atoms with van der Waals surface area (Å²) in [7, 11) is 0. The van der Waals surface area contributed by atoms with E-state index in [2.05, 4.69) is 11.4 Å². The molecule has 0 unspecified atom stereocenters. The number of hydrogen-bond acceptors (Lipinski definition) is 3. The number of aromatic nitrogens is 1. The molecule has 3 aromatic rings. The van der Waals surface area contributed by atoms with E-state index in [0.717, 1.165) is 17.1 Å². The second kappa shape index (κ2) is 8.37. The number of carbonyl (C=O) groups is 1. The number of rotatable bonds is 6. The minimum absolute atomic E-state index is 0.0975. The molecule has 0 aliphatic rings. The van der Waals surface area contributed by atoms with Gasteiger partial charge in [0.1, 0.15) is 6.07 Å². The number of fused-ring (bicyclic) bond motifs is 1. The predicted molar refractivity (Wildman–Crippen MR) is 103 cm³/mol. The third-order valence-corrected chi connectivity index (χ3v) is 4.59. The van der Waals surface area contributed by atoms with Gasteiger partial charge in [0, 0.05) is 24.5 Å². The summed E-state index contributed by atoms with van der Waals surface area (Å²) in [6.45, 7) is 2.57. The number of anilines is 1. The Morgan fingerprint density at radius 3 is 2.62 bits per heavy atom. The molecule has 0 fully saturated rings. The van der Waals surface area contributed by atoms with Gasteiger partial charge in [-0.25, -0.2) is 0 Å². The van der Waals surface area contributed by atoms with Gasteiger partial charge < -0.3 is 9.72 Å². The number of benzene rings is 1. The van der Waals surface area contributed by atoms with E-state index in [1.54, 1.807) is 4.90 Å². The highest BCUT2D eigenvalue weighted by molar-refractivity contribution is 5.93. The number of nitrogens with one attached hydrogen (secondary N) is 1. The number of alkyl halides is 3. The number of para-hydroxylation sites is 1. The maximum absolute atomic E-state index is 13.1. The summed E-state index contributed by atoms with van der Waals surface area (Å²) in [5.74, 6) is -0.550. The highest BCUT2D eigenvalue weighted by atomic mass is 19.4. The SMILES string of the molecule is CCN(CC(=O)Nc1ccccc1C(F)(F)F)Cc1cn2ccccc2c1C#N. The van der Waals surface area contributed by atoms with Crippen molar-refractivity contribution in [3.05, 3.63) is 71.5 Å².